The van der Waals surface area contributed by atoms with Crippen LogP contribution in [0.15, 0.2) is 52.1 Å². The predicted octanol–water partition coefficient (Wildman–Crippen LogP) is 2.94. The molecule has 0 unspecified atom stereocenters. The highest BCUT2D eigenvalue weighted by atomic mass is 32.2. The Kier molecular flexibility index (Phi) is 5.95. The van der Waals surface area contributed by atoms with Crippen molar-refractivity contribution in [3.8, 4) is 10.4 Å². The molecule has 1 aromatic carbocycles. The number of benzene rings is 1. The molecule has 166 valence electrons. The molecular formula is C22H23N4O3S3+. The standard InChI is InChI=1S/C22H22N4O3S3/c1-15-4-6-16(7-5-15)32(27,28)25-21-20-17(18-3-2-12-30-18)14-31-22(20)24-19(23-21)13-26-8-10-29-11-9-26/h2-7,12,14H,8-11,13H2,1H3,(H,23,24,25)/p+1. The SMILES string of the molecule is Cc1ccc(S(=O)(=O)Nc2nc(C[NH+]3CCOCC3)nc3scc(-c4cccs4)c23)cc1. The second kappa shape index (κ2) is 8.87. The highest BCUT2D eigenvalue weighted by Crippen LogP contribution is 2.39. The number of aromatic nitrogens is 2. The average molecular weight is 488 g/mol. The fourth-order valence-corrected chi connectivity index (χ4v) is 6.51. The summed E-state index contributed by atoms with van der Waals surface area (Å²) in [6.45, 7) is 5.76. The van der Waals surface area contributed by atoms with E-state index in [1.165, 1.54) is 16.2 Å². The van der Waals surface area contributed by atoms with Crippen LogP contribution in [0.4, 0.5) is 5.82 Å². The van der Waals surface area contributed by atoms with Crippen LogP contribution >= 0.6 is 22.7 Å². The zero-order valence-corrected chi connectivity index (χ0v) is 19.9. The lowest BCUT2D eigenvalue weighted by Crippen LogP contribution is -3.12. The highest BCUT2D eigenvalue weighted by Gasteiger charge is 2.23. The molecule has 1 aliphatic heterocycles. The van der Waals surface area contributed by atoms with Gasteiger partial charge in [0.25, 0.3) is 10.0 Å². The van der Waals surface area contributed by atoms with Crippen LogP contribution in [0.3, 0.4) is 0 Å². The first-order valence-electron chi connectivity index (χ1n) is 10.3. The van der Waals surface area contributed by atoms with Gasteiger partial charge in [-0.15, -0.1) is 22.7 Å². The second-order valence-electron chi connectivity index (χ2n) is 7.75. The van der Waals surface area contributed by atoms with Crippen molar-refractivity contribution >= 4 is 48.7 Å². The number of thiophene rings is 2. The van der Waals surface area contributed by atoms with Crippen molar-refractivity contribution in [2.75, 3.05) is 31.0 Å². The van der Waals surface area contributed by atoms with Gasteiger partial charge < -0.3 is 9.64 Å². The van der Waals surface area contributed by atoms with E-state index in [0.29, 0.717) is 31.4 Å². The van der Waals surface area contributed by atoms with Gasteiger partial charge in [-0.1, -0.05) is 23.8 Å². The molecule has 1 aliphatic rings. The van der Waals surface area contributed by atoms with Crippen LogP contribution < -0.4 is 9.62 Å². The Hall–Kier alpha value is -2.37. The molecular weight excluding hydrogens is 464 g/mol. The third kappa shape index (κ3) is 4.41. The molecule has 32 heavy (non-hydrogen) atoms. The van der Waals surface area contributed by atoms with Gasteiger partial charge in [0, 0.05) is 15.8 Å². The molecule has 3 aromatic heterocycles. The fourth-order valence-electron chi connectivity index (χ4n) is 3.72. The molecule has 4 heterocycles. The van der Waals surface area contributed by atoms with Crippen molar-refractivity contribution in [3.05, 3.63) is 58.5 Å². The summed E-state index contributed by atoms with van der Waals surface area (Å²) >= 11 is 3.12. The van der Waals surface area contributed by atoms with Crippen molar-refractivity contribution in [3.63, 3.8) is 0 Å². The normalized spacial score (nSPS) is 15.3. The minimum absolute atomic E-state index is 0.211. The smallest absolute Gasteiger partial charge is 0.263 e. The first-order chi connectivity index (χ1) is 15.5. The number of hydrogen-bond acceptors (Lipinski definition) is 7. The number of anilines is 1. The molecule has 0 atom stereocenters. The number of fused-ring (bicyclic) bond motifs is 1. The van der Waals surface area contributed by atoms with Crippen molar-refractivity contribution in [1.29, 1.82) is 0 Å². The average Bonchev–Trinajstić information content (AvgIpc) is 3.44. The van der Waals surface area contributed by atoms with E-state index in [-0.39, 0.29) is 4.90 Å². The van der Waals surface area contributed by atoms with Crippen LogP contribution in [0.1, 0.15) is 11.4 Å². The van der Waals surface area contributed by atoms with E-state index >= 15 is 0 Å². The fraction of sp³-hybridized carbons (Fsp3) is 0.273. The summed E-state index contributed by atoms with van der Waals surface area (Å²) in [6.07, 6.45) is 0. The Morgan fingerprint density at radius 2 is 1.88 bits per heavy atom. The number of hydrogen-bond donors (Lipinski definition) is 2. The topological polar surface area (TPSA) is 85.6 Å². The summed E-state index contributed by atoms with van der Waals surface area (Å²) in [6, 6.07) is 10.8. The molecule has 0 saturated carbocycles. The first kappa shape index (κ1) is 21.5. The molecule has 7 nitrogen and oxygen atoms in total. The van der Waals surface area contributed by atoms with Gasteiger partial charge in [0.05, 0.1) is 23.5 Å². The van der Waals surface area contributed by atoms with E-state index < -0.39 is 10.0 Å². The van der Waals surface area contributed by atoms with Gasteiger partial charge >= 0.3 is 0 Å². The second-order valence-corrected chi connectivity index (χ2v) is 11.2. The molecule has 0 aliphatic carbocycles. The van der Waals surface area contributed by atoms with E-state index in [1.54, 1.807) is 35.6 Å². The van der Waals surface area contributed by atoms with Crippen LogP contribution in [0.25, 0.3) is 20.7 Å². The number of sulfonamides is 1. The Balaban J connectivity index is 1.58. The van der Waals surface area contributed by atoms with Crippen molar-refractivity contribution in [2.24, 2.45) is 0 Å². The van der Waals surface area contributed by atoms with E-state index in [2.05, 4.69) is 4.72 Å². The lowest BCUT2D eigenvalue weighted by molar-refractivity contribution is -0.922. The Bertz CT molecular complexity index is 1330. The molecule has 2 N–H and O–H groups in total. The van der Waals surface area contributed by atoms with E-state index in [1.807, 2.05) is 29.8 Å². The number of rotatable bonds is 6. The van der Waals surface area contributed by atoms with Gasteiger partial charge in [0.2, 0.25) is 0 Å². The van der Waals surface area contributed by atoms with Gasteiger partial charge in [0.15, 0.2) is 11.6 Å². The summed E-state index contributed by atoms with van der Waals surface area (Å²) < 4.78 is 34.6. The number of aryl methyl sites for hydroxylation is 1. The van der Waals surface area contributed by atoms with Crippen molar-refractivity contribution in [1.82, 2.24) is 9.97 Å². The van der Waals surface area contributed by atoms with Crippen LogP contribution in [0.2, 0.25) is 0 Å². The molecule has 1 saturated heterocycles. The Morgan fingerprint density at radius 1 is 1.09 bits per heavy atom. The minimum Gasteiger partial charge on any atom is -0.370 e. The monoisotopic (exact) mass is 487 g/mol. The molecule has 1 fully saturated rings. The van der Waals surface area contributed by atoms with Crippen LogP contribution in [0.5, 0.6) is 0 Å². The maximum absolute atomic E-state index is 13.2. The molecule has 0 amide bonds. The maximum atomic E-state index is 13.2. The minimum atomic E-state index is -3.79. The third-order valence-corrected chi connectivity index (χ3v) is 8.57. The highest BCUT2D eigenvalue weighted by molar-refractivity contribution is 7.92. The van der Waals surface area contributed by atoms with Gasteiger partial charge in [-0.25, -0.2) is 18.4 Å². The van der Waals surface area contributed by atoms with Crippen LogP contribution in [-0.2, 0) is 21.3 Å². The third-order valence-electron chi connectivity index (χ3n) is 5.44. The number of nitrogens with one attached hydrogen (secondary N) is 2. The number of nitrogens with zero attached hydrogens (tertiary/aromatic N) is 2. The molecule has 0 spiro atoms. The molecule has 4 aromatic rings. The van der Waals surface area contributed by atoms with Crippen molar-refractivity contribution < 1.29 is 18.1 Å². The largest absolute Gasteiger partial charge is 0.370 e. The lowest BCUT2D eigenvalue weighted by atomic mass is 10.2. The Labute approximate surface area is 194 Å². The molecule has 0 bridgehead atoms. The van der Waals surface area contributed by atoms with Gasteiger partial charge in [-0.05, 0) is 30.5 Å². The predicted molar refractivity (Wildman–Crippen MR) is 128 cm³/mol. The summed E-state index contributed by atoms with van der Waals surface area (Å²) in [5, 5.41) is 4.78. The zero-order chi connectivity index (χ0) is 22.1. The van der Waals surface area contributed by atoms with Crippen molar-refractivity contribution in [2.45, 2.75) is 18.4 Å². The van der Waals surface area contributed by atoms with E-state index in [9.17, 15) is 8.42 Å². The van der Waals surface area contributed by atoms with Gasteiger partial charge in [-0.3, -0.25) is 4.72 Å². The lowest BCUT2D eigenvalue weighted by Gasteiger charge is -2.23. The van der Waals surface area contributed by atoms with E-state index in [0.717, 1.165) is 39.3 Å². The summed E-state index contributed by atoms with van der Waals surface area (Å²) in [5.41, 5.74) is 1.95. The Morgan fingerprint density at radius 3 is 2.59 bits per heavy atom. The molecule has 0 radical (unpaired) electrons. The van der Waals surface area contributed by atoms with Gasteiger partial charge in [-0.2, -0.15) is 0 Å². The van der Waals surface area contributed by atoms with E-state index in [4.69, 9.17) is 14.7 Å². The van der Waals surface area contributed by atoms with Gasteiger partial charge in [0.1, 0.15) is 24.5 Å². The maximum Gasteiger partial charge on any atom is 0.263 e. The summed E-state index contributed by atoms with van der Waals surface area (Å²) in [5.74, 6) is 0.971. The molecule has 5 rings (SSSR count). The first-order valence-corrected chi connectivity index (χ1v) is 13.6. The number of morpholine rings is 1. The van der Waals surface area contributed by atoms with Crippen LogP contribution in [0, 0.1) is 6.92 Å². The van der Waals surface area contributed by atoms with Crippen LogP contribution in [-0.4, -0.2) is 44.7 Å². The summed E-state index contributed by atoms with van der Waals surface area (Å²) in [4.78, 5) is 12.9. The number of quaternary nitrogens is 1. The number of ether oxygens (including phenoxy) is 1. The quantitative estimate of drug-likeness (QED) is 0.437. The molecule has 10 heteroatoms. The zero-order valence-electron chi connectivity index (χ0n) is 17.5. The summed E-state index contributed by atoms with van der Waals surface area (Å²) in [7, 11) is -3.79.